The van der Waals surface area contributed by atoms with E-state index < -0.39 is 0 Å². The molecule has 0 aliphatic carbocycles. The molecule has 0 saturated heterocycles. The minimum absolute atomic E-state index is 0.160. The topological polar surface area (TPSA) is 63.6 Å². The number of H-pyrrole nitrogens is 1. The van der Waals surface area contributed by atoms with Gasteiger partial charge in [-0.3, -0.25) is 9.78 Å². The van der Waals surface area contributed by atoms with Gasteiger partial charge in [-0.15, -0.1) is 0 Å². The highest BCUT2D eigenvalue weighted by Gasteiger charge is 2.10. The second kappa shape index (κ2) is 3.59. The van der Waals surface area contributed by atoms with Crippen molar-refractivity contribution in [3.05, 3.63) is 39.1 Å². The molecule has 0 radical (unpaired) electrons. The van der Waals surface area contributed by atoms with E-state index in [1.54, 1.807) is 11.6 Å². The van der Waals surface area contributed by atoms with Crippen LogP contribution < -0.4 is 5.56 Å². The van der Waals surface area contributed by atoms with E-state index in [2.05, 4.69) is 15.1 Å². The molecule has 5 heteroatoms. The molecule has 2 heterocycles. The van der Waals surface area contributed by atoms with Crippen LogP contribution in [0.25, 0.3) is 5.95 Å². The molecule has 0 fully saturated rings. The number of nitrogens with zero attached hydrogens (tertiary/aromatic N) is 3. The predicted molar refractivity (Wildman–Crippen MR) is 60.9 cm³/mol. The zero-order valence-corrected chi connectivity index (χ0v) is 9.83. The fraction of sp³-hybridized carbons (Fsp3) is 0.364. The Morgan fingerprint density at radius 3 is 2.44 bits per heavy atom. The molecule has 0 aliphatic rings. The van der Waals surface area contributed by atoms with Crippen molar-refractivity contribution in [1.29, 1.82) is 0 Å². The molecule has 0 spiro atoms. The molecule has 2 aromatic rings. The predicted octanol–water partition coefficient (Wildman–Crippen LogP) is 1.19. The maximum atomic E-state index is 11.4. The number of nitrogens with one attached hydrogen (secondary N) is 1. The van der Waals surface area contributed by atoms with Crippen LogP contribution in [0.3, 0.4) is 0 Å². The summed E-state index contributed by atoms with van der Waals surface area (Å²) < 4.78 is 1.67. The lowest BCUT2D eigenvalue weighted by molar-refractivity contribution is 0.762. The first kappa shape index (κ1) is 10.6. The van der Waals surface area contributed by atoms with Crippen LogP contribution >= 0.6 is 0 Å². The lowest BCUT2D eigenvalue weighted by atomic mass is 10.2. The van der Waals surface area contributed by atoms with E-state index in [0.29, 0.717) is 11.6 Å². The number of aromatic amines is 1. The van der Waals surface area contributed by atoms with Crippen molar-refractivity contribution in [2.45, 2.75) is 27.7 Å². The van der Waals surface area contributed by atoms with E-state index >= 15 is 0 Å². The average molecular weight is 218 g/mol. The quantitative estimate of drug-likeness (QED) is 0.782. The zero-order valence-electron chi connectivity index (χ0n) is 9.83. The van der Waals surface area contributed by atoms with Gasteiger partial charge in [0.1, 0.15) is 0 Å². The summed E-state index contributed by atoms with van der Waals surface area (Å²) in [6.07, 6.45) is 0. The smallest absolute Gasteiger partial charge is 0.252 e. The summed E-state index contributed by atoms with van der Waals surface area (Å²) in [7, 11) is 0. The van der Waals surface area contributed by atoms with Gasteiger partial charge in [-0.1, -0.05) is 0 Å². The Hall–Kier alpha value is -1.91. The summed E-state index contributed by atoms with van der Waals surface area (Å²) in [4.78, 5) is 18.3. The van der Waals surface area contributed by atoms with Crippen molar-refractivity contribution in [2.24, 2.45) is 0 Å². The Morgan fingerprint density at radius 1 is 1.25 bits per heavy atom. The van der Waals surface area contributed by atoms with Crippen molar-refractivity contribution in [3.8, 4) is 5.95 Å². The van der Waals surface area contributed by atoms with Crippen LogP contribution in [-0.2, 0) is 0 Å². The van der Waals surface area contributed by atoms with Gasteiger partial charge in [-0.2, -0.15) is 5.10 Å². The summed E-state index contributed by atoms with van der Waals surface area (Å²) in [6.45, 7) is 7.68. The Labute approximate surface area is 93.2 Å². The molecule has 0 aromatic carbocycles. The fourth-order valence-corrected chi connectivity index (χ4v) is 1.59. The first-order valence-corrected chi connectivity index (χ1v) is 5.10. The summed E-state index contributed by atoms with van der Waals surface area (Å²) in [6, 6.07) is 1.46. The lowest BCUT2D eigenvalue weighted by Crippen LogP contribution is -2.14. The maximum absolute atomic E-state index is 11.4. The SMILES string of the molecule is Cc1cc(=O)[nH]c(-n2nc(C)c(C)c2C)n1. The van der Waals surface area contributed by atoms with Crippen LogP contribution in [0.15, 0.2) is 10.9 Å². The minimum atomic E-state index is -0.160. The molecule has 0 saturated carbocycles. The molecule has 5 nitrogen and oxygen atoms in total. The van der Waals surface area contributed by atoms with Crippen molar-refractivity contribution in [3.63, 3.8) is 0 Å². The number of aromatic nitrogens is 4. The number of hydrogen-bond donors (Lipinski definition) is 1. The van der Waals surface area contributed by atoms with Crippen LogP contribution in [0.5, 0.6) is 0 Å². The molecule has 0 bridgehead atoms. The summed E-state index contributed by atoms with van der Waals surface area (Å²) in [5.41, 5.74) is 3.58. The first-order chi connectivity index (χ1) is 7.49. The van der Waals surface area contributed by atoms with Gasteiger partial charge in [0.05, 0.1) is 5.69 Å². The van der Waals surface area contributed by atoms with E-state index in [0.717, 1.165) is 17.0 Å². The van der Waals surface area contributed by atoms with Gasteiger partial charge in [-0.05, 0) is 33.3 Å². The van der Waals surface area contributed by atoms with Crippen LogP contribution in [0, 0.1) is 27.7 Å². The van der Waals surface area contributed by atoms with Crippen molar-refractivity contribution in [1.82, 2.24) is 19.7 Å². The molecule has 0 atom stereocenters. The zero-order chi connectivity index (χ0) is 11.9. The number of rotatable bonds is 1. The normalized spacial score (nSPS) is 10.8. The van der Waals surface area contributed by atoms with Crippen LogP contribution in [0.4, 0.5) is 0 Å². The Kier molecular flexibility index (Phi) is 2.38. The van der Waals surface area contributed by atoms with E-state index in [1.807, 2.05) is 20.8 Å². The van der Waals surface area contributed by atoms with Gasteiger partial charge in [0.15, 0.2) is 0 Å². The van der Waals surface area contributed by atoms with Gasteiger partial charge in [0, 0.05) is 17.5 Å². The summed E-state index contributed by atoms with van der Waals surface area (Å²) >= 11 is 0. The van der Waals surface area contributed by atoms with E-state index in [9.17, 15) is 4.79 Å². The first-order valence-electron chi connectivity index (χ1n) is 5.10. The van der Waals surface area contributed by atoms with Gasteiger partial charge >= 0.3 is 0 Å². The molecule has 16 heavy (non-hydrogen) atoms. The minimum Gasteiger partial charge on any atom is -0.291 e. The standard InChI is InChI=1S/C11H14N4O/c1-6-5-10(16)13-11(12-6)15-9(4)7(2)8(3)14-15/h5H,1-4H3,(H,12,13,16). The molecule has 84 valence electrons. The molecule has 0 unspecified atom stereocenters. The fourth-order valence-electron chi connectivity index (χ4n) is 1.59. The van der Waals surface area contributed by atoms with Crippen molar-refractivity contribution < 1.29 is 0 Å². The highest BCUT2D eigenvalue weighted by molar-refractivity contribution is 5.28. The highest BCUT2D eigenvalue weighted by Crippen LogP contribution is 2.13. The van der Waals surface area contributed by atoms with Gasteiger partial charge in [-0.25, -0.2) is 9.67 Å². The van der Waals surface area contributed by atoms with E-state index in [-0.39, 0.29) is 5.56 Å². The second-order valence-electron chi connectivity index (χ2n) is 3.92. The molecule has 0 amide bonds. The third kappa shape index (κ3) is 1.64. The monoisotopic (exact) mass is 218 g/mol. The Morgan fingerprint density at radius 2 is 1.94 bits per heavy atom. The van der Waals surface area contributed by atoms with E-state index in [4.69, 9.17) is 0 Å². The molecule has 0 aliphatic heterocycles. The lowest BCUT2D eigenvalue weighted by Gasteiger charge is -2.03. The van der Waals surface area contributed by atoms with Gasteiger partial charge in [0.25, 0.3) is 5.56 Å². The third-order valence-corrected chi connectivity index (χ3v) is 2.71. The second-order valence-corrected chi connectivity index (χ2v) is 3.92. The third-order valence-electron chi connectivity index (χ3n) is 2.71. The molecular formula is C11H14N4O. The van der Waals surface area contributed by atoms with Gasteiger partial charge < -0.3 is 0 Å². The van der Waals surface area contributed by atoms with Crippen LogP contribution in [0.1, 0.15) is 22.6 Å². The largest absolute Gasteiger partial charge is 0.291 e. The van der Waals surface area contributed by atoms with Crippen molar-refractivity contribution >= 4 is 0 Å². The number of hydrogen-bond acceptors (Lipinski definition) is 3. The molecule has 2 aromatic heterocycles. The van der Waals surface area contributed by atoms with E-state index in [1.165, 1.54) is 6.07 Å². The average Bonchev–Trinajstić information content (AvgIpc) is 2.44. The van der Waals surface area contributed by atoms with Gasteiger partial charge in [0.2, 0.25) is 5.95 Å². The highest BCUT2D eigenvalue weighted by atomic mass is 16.1. The Bertz CT molecular complexity index is 595. The molecule has 2 rings (SSSR count). The summed E-state index contributed by atoms with van der Waals surface area (Å²) in [5.74, 6) is 0.471. The Balaban J connectivity index is 2.67. The summed E-state index contributed by atoms with van der Waals surface area (Å²) in [5, 5.41) is 4.35. The maximum Gasteiger partial charge on any atom is 0.252 e. The molecule has 1 N–H and O–H groups in total. The van der Waals surface area contributed by atoms with Crippen LogP contribution in [-0.4, -0.2) is 19.7 Å². The van der Waals surface area contributed by atoms with Crippen LogP contribution in [0.2, 0.25) is 0 Å². The van der Waals surface area contributed by atoms with Crippen molar-refractivity contribution in [2.75, 3.05) is 0 Å². The molecular weight excluding hydrogens is 204 g/mol. The number of aryl methyl sites for hydroxylation is 2.